The van der Waals surface area contributed by atoms with E-state index in [4.69, 9.17) is 4.74 Å². The zero-order valence-corrected chi connectivity index (χ0v) is 19.9. The summed E-state index contributed by atoms with van der Waals surface area (Å²) in [7, 11) is 0. The molecular weight excluding hydrogens is 400 g/mol. The SMILES string of the molecule is CC1=[C-]C(C)(C)C(C)=C1C.[Ti].c1ccc(-c2ccc3c(c2-c2ccccc2)O3)cc1. The zero-order chi connectivity index (χ0) is 20.6. The van der Waals surface area contributed by atoms with E-state index in [2.05, 4.69) is 95.3 Å². The second-order valence-electron chi connectivity index (χ2n) is 8.27. The van der Waals surface area contributed by atoms with E-state index >= 15 is 0 Å². The molecule has 0 spiro atoms. The average molecular weight is 427 g/mol. The van der Waals surface area contributed by atoms with Crippen molar-refractivity contribution in [2.45, 2.75) is 34.6 Å². The third-order valence-electron chi connectivity index (χ3n) is 6.00. The van der Waals surface area contributed by atoms with Crippen molar-refractivity contribution in [3.63, 3.8) is 0 Å². The molecule has 0 aromatic heterocycles. The van der Waals surface area contributed by atoms with Gasteiger partial charge in [-0.2, -0.15) is 11.1 Å². The van der Waals surface area contributed by atoms with Crippen LogP contribution in [0.5, 0.6) is 11.5 Å². The van der Waals surface area contributed by atoms with E-state index in [0.717, 1.165) is 11.5 Å². The molecule has 0 bridgehead atoms. The first-order chi connectivity index (χ1) is 13.9. The number of hydrogen-bond donors (Lipinski definition) is 0. The maximum atomic E-state index is 5.59. The molecule has 1 nitrogen and oxygen atoms in total. The molecule has 0 N–H and O–H groups in total. The Morgan fingerprint density at radius 3 is 1.77 bits per heavy atom. The van der Waals surface area contributed by atoms with Crippen LogP contribution in [0, 0.1) is 11.5 Å². The summed E-state index contributed by atoms with van der Waals surface area (Å²) in [5.41, 5.74) is 9.24. The van der Waals surface area contributed by atoms with Gasteiger partial charge < -0.3 is 4.74 Å². The molecule has 150 valence electrons. The molecular formula is C28H27OTi-. The zero-order valence-electron chi connectivity index (χ0n) is 18.3. The van der Waals surface area contributed by atoms with Gasteiger partial charge in [-0.05, 0) is 28.8 Å². The minimum atomic E-state index is 0. The summed E-state index contributed by atoms with van der Waals surface area (Å²) in [6.45, 7) is 10.9. The summed E-state index contributed by atoms with van der Waals surface area (Å²) in [6.07, 6.45) is 3.44. The molecule has 2 heteroatoms. The van der Waals surface area contributed by atoms with Crippen molar-refractivity contribution in [1.82, 2.24) is 0 Å². The third-order valence-corrected chi connectivity index (χ3v) is 6.00. The first kappa shape index (κ1) is 22.3. The van der Waals surface area contributed by atoms with Crippen LogP contribution in [0.2, 0.25) is 0 Å². The Balaban J connectivity index is 0.000000200. The van der Waals surface area contributed by atoms with E-state index in [1.807, 2.05) is 18.2 Å². The van der Waals surface area contributed by atoms with Crippen LogP contribution in [-0.4, -0.2) is 0 Å². The van der Waals surface area contributed by atoms with Crippen LogP contribution < -0.4 is 4.74 Å². The second-order valence-corrected chi connectivity index (χ2v) is 8.27. The van der Waals surface area contributed by atoms with E-state index in [1.165, 1.54) is 39.0 Å². The summed E-state index contributed by atoms with van der Waals surface area (Å²) in [6, 6.07) is 25.0. The molecule has 0 radical (unpaired) electrons. The maximum absolute atomic E-state index is 5.59. The van der Waals surface area contributed by atoms with Crippen molar-refractivity contribution < 1.29 is 26.5 Å². The molecule has 0 atom stereocenters. The predicted octanol–water partition coefficient (Wildman–Crippen LogP) is 8.24. The van der Waals surface area contributed by atoms with Gasteiger partial charge >= 0.3 is 0 Å². The molecule has 3 aromatic carbocycles. The molecule has 2 aliphatic rings. The van der Waals surface area contributed by atoms with Gasteiger partial charge in [-0.25, -0.2) is 5.57 Å². The topological polar surface area (TPSA) is 12.5 Å². The number of benzene rings is 3. The predicted molar refractivity (Wildman–Crippen MR) is 122 cm³/mol. The van der Waals surface area contributed by atoms with Gasteiger partial charge in [0.2, 0.25) is 0 Å². The number of allylic oxidation sites excluding steroid dienone is 4. The van der Waals surface area contributed by atoms with Gasteiger partial charge in [0.25, 0.3) is 0 Å². The molecule has 0 fully saturated rings. The fourth-order valence-electron chi connectivity index (χ4n) is 3.89. The first-order valence-corrected chi connectivity index (χ1v) is 10.1. The summed E-state index contributed by atoms with van der Waals surface area (Å²) in [5, 5.41) is 0. The minimum Gasteiger partial charge on any atom is -0.449 e. The molecule has 0 saturated heterocycles. The number of hydrogen-bond acceptors (Lipinski definition) is 1. The average Bonchev–Trinajstić information content (AvgIpc) is 3.50. The Kier molecular flexibility index (Phi) is 6.55. The van der Waals surface area contributed by atoms with E-state index in [9.17, 15) is 0 Å². The summed E-state index contributed by atoms with van der Waals surface area (Å²) in [5.74, 6) is 2.02. The summed E-state index contributed by atoms with van der Waals surface area (Å²) in [4.78, 5) is 0. The van der Waals surface area contributed by atoms with Crippen molar-refractivity contribution in [3.8, 4) is 33.8 Å². The van der Waals surface area contributed by atoms with Crippen LogP contribution in [0.4, 0.5) is 0 Å². The van der Waals surface area contributed by atoms with Crippen LogP contribution in [0.15, 0.2) is 89.5 Å². The van der Waals surface area contributed by atoms with Crippen LogP contribution >= 0.6 is 0 Å². The van der Waals surface area contributed by atoms with E-state index in [-0.39, 0.29) is 27.1 Å². The molecule has 0 unspecified atom stereocenters. The maximum Gasteiger partial charge on any atom is 0.178 e. The van der Waals surface area contributed by atoms with Crippen molar-refractivity contribution in [2.24, 2.45) is 5.41 Å². The molecule has 0 amide bonds. The minimum absolute atomic E-state index is 0. The van der Waals surface area contributed by atoms with Gasteiger partial charge in [-0.15, -0.1) is 6.92 Å². The van der Waals surface area contributed by atoms with Crippen LogP contribution in [-0.2, 0) is 21.7 Å². The molecule has 1 aliphatic carbocycles. The number of ether oxygens (including phenoxy) is 1. The first-order valence-electron chi connectivity index (χ1n) is 10.1. The molecule has 1 aliphatic heterocycles. The van der Waals surface area contributed by atoms with E-state index in [1.54, 1.807) is 0 Å². The number of fused-ring (bicyclic) bond motifs is 1. The fraction of sp³-hybridized carbons (Fsp3) is 0.214. The fourth-order valence-corrected chi connectivity index (χ4v) is 3.89. The van der Waals surface area contributed by atoms with Crippen LogP contribution in [0.25, 0.3) is 22.3 Å². The van der Waals surface area contributed by atoms with Crippen molar-refractivity contribution in [2.75, 3.05) is 0 Å². The molecule has 1 heterocycles. The Morgan fingerprint density at radius 1 is 0.733 bits per heavy atom. The van der Waals surface area contributed by atoms with Gasteiger partial charge in [0, 0.05) is 27.3 Å². The monoisotopic (exact) mass is 427 g/mol. The van der Waals surface area contributed by atoms with Crippen LogP contribution in [0.3, 0.4) is 0 Å². The number of rotatable bonds is 2. The largest absolute Gasteiger partial charge is 0.449 e. The van der Waals surface area contributed by atoms with Crippen LogP contribution in [0.1, 0.15) is 34.6 Å². The quantitative estimate of drug-likeness (QED) is 0.178. The normalized spacial score (nSPS) is 15.2. The van der Waals surface area contributed by atoms with Crippen molar-refractivity contribution >= 4 is 0 Å². The smallest absolute Gasteiger partial charge is 0.178 e. The van der Waals surface area contributed by atoms with Gasteiger partial charge in [0.1, 0.15) is 0 Å². The summed E-state index contributed by atoms with van der Waals surface area (Å²) < 4.78 is 5.59. The summed E-state index contributed by atoms with van der Waals surface area (Å²) >= 11 is 0. The molecule has 5 rings (SSSR count). The Bertz CT molecular complexity index is 1110. The molecule has 30 heavy (non-hydrogen) atoms. The Morgan fingerprint density at radius 2 is 1.30 bits per heavy atom. The standard InChI is InChI=1S/C18H12O.C10H15.Ti/c1-3-7-13(8-4-1)15-11-12-16-18(19-16)17(15)14-9-5-2-6-10-14;1-7-6-10(4,5)9(3)8(7)2;/h1-12H;1-5H3;/q;-1;. The van der Waals surface area contributed by atoms with Gasteiger partial charge in [0.05, 0.1) is 0 Å². The van der Waals surface area contributed by atoms with E-state index in [0.29, 0.717) is 0 Å². The second kappa shape index (κ2) is 8.80. The van der Waals surface area contributed by atoms with Crippen molar-refractivity contribution in [3.05, 3.63) is 95.6 Å². The Labute approximate surface area is 195 Å². The van der Waals surface area contributed by atoms with Crippen molar-refractivity contribution in [1.29, 1.82) is 0 Å². The molecule has 3 aromatic rings. The van der Waals surface area contributed by atoms with Gasteiger partial charge in [-0.3, -0.25) is 6.08 Å². The third kappa shape index (κ3) is 4.38. The Hall–Kier alpha value is -2.35. The van der Waals surface area contributed by atoms with Gasteiger partial charge in [0.15, 0.2) is 11.5 Å². The van der Waals surface area contributed by atoms with Gasteiger partial charge in [-0.1, -0.05) is 93.8 Å². The molecule has 0 saturated carbocycles. The van der Waals surface area contributed by atoms with E-state index < -0.39 is 0 Å².